The van der Waals surface area contributed by atoms with Crippen LogP contribution in [-0.4, -0.2) is 12.7 Å². The minimum Gasteiger partial charge on any atom is -0.366 e. The first-order chi connectivity index (χ1) is 4.43. The summed E-state index contributed by atoms with van der Waals surface area (Å²) in [6.45, 7) is 2.68. The summed E-state index contributed by atoms with van der Waals surface area (Å²) in [5.74, 6) is 5.89. The molecule has 1 saturated carbocycles. The van der Waals surface area contributed by atoms with Crippen molar-refractivity contribution in [1.29, 1.82) is 0 Å². The van der Waals surface area contributed by atoms with Crippen molar-refractivity contribution >= 4 is 0 Å². The lowest BCUT2D eigenvalue weighted by atomic mass is 10.5. The fourth-order valence-electron chi connectivity index (χ4n) is 0.570. The van der Waals surface area contributed by atoms with Crippen LogP contribution < -0.4 is 0 Å². The number of hydrogen-bond acceptors (Lipinski definition) is 1. The van der Waals surface area contributed by atoms with Crippen LogP contribution in [0.3, 0.4) is 0 Å². The molecule has 0 amide bonds. The molecule has 0 spiro atoms. The maximum atomic E-state index is 5.28. The zero-order valence-electron chi connectivity index (χ0n) is 5.81. The van der Waals surface area contributed by atoms with Crippen LogP contribution in [0.15, 0.2) is 0 Å². The SMILES string of the molecule is CCC#CCOC1CC1. The monoisotopic (exact) mass is 124 g/mol. The second kappa shape index (κ2) is 3.53. The molecule has 1 aliphatic carbocycles. The first kappa shape index (κ1) is 6.64. The Morgan fingerprint density at radius 2 is 2.22 bits per heavy atom. The van der Waals surface area contributed by atoms with Gasteiger partial charge in [-0.15, -0.1) is 5.92 Å². The van der Waals surface area contributed by atoms with E-state index in [9.17, 15) is 0 Å². The fraction of sp³-hybridized carbons (Fsp3) is 0.750. The first-order valence-electron chi connectivity index (χ1n) is 3.51. The average molecular weight is 124 g/mol. The third kappa shape index (κ3) is 3.16. The van der Waals surface area contributed by atoms with Gasteiger partial charge in [-0.25, -0.2) is 0 Å². The van der Waals surface area contributed by atoms with E-state index in [1.165, 1.54) is 12.8 Å². The van der Waals surface area contributed by atoms with Crippen molar-refractivity contribution < 1.29 is 4.74 Å². The summed E-state index contributed by atoms with van der Waals surface area (Å²) in [4.78, 5) is 0. The van der Waals surface area contributed by atoms with Crippen LogP contribution in [0.4, 0.5) is 0 Å². The molecule has 0 aromatic rings. The van der Waals surface area contributed by atoms with Crippen molar-refractivity contribution in [2.45, 2.75) is 32.3 Å². The van der Waals surface area contributed by atoms with Crippen LogP contribution in [-0.2, 0) is 4.74 Å². The number of hydrogen-bond donors (Lipinski definition) is 0. The third-order valence-electron chi connectivity index (χ3n) is 1.22. The highest BCUT2D eigenvalue weighted by Crippen LogP contribution is 2.22. The van der Waals surface area contributed by atoms with Gasteiger partial charge in [0.1, 0.15) is 6.61 Å². The lowest BCUT2D eigenvalue weighted by Crippen LogP contribution is -1.92. The van der Waals surface area contributed by atoms with Gasteiger partial charge in [0.05, 0.1) is 6.10 Å². The van der Waals surface area contributed by atoms with Gasteiger partial charge in [0, 0.05) is 6.42 Å². The Kier molecular flexibility index (Phi) is 2.60. The van der Waals surface area contributed by atoms with E-state index in [-0.39, 0.29) is 0 Å². The molecule has 0 aromatic heterocycles. The third-order valence-corrected chi connectivity index (χ3v) is 1.22. The molecule has 0 heterocycles. The summed E-state index contributed by atoms with van der Waals surface area (Å²) >= 11 is 0. The Bertz CT molecular complexity index is 125. The van der Waals surface area contributed by atoms with E-state index in [1.54, 1.807) is 0 Å². The molecule has 1 nitrogen and oxygen atoms in total. The second-order valence-electron chi connectivity index (χ2n) is 2.22. The molecule has 0 bridgehead atoms. The van der Waals surface area contributed by atoms with Gasteiger partial charge < -0.3 is 4.74 Å². The molecule has 0 atom stereocenters. The Labute approximate surface area is 56.4 Å². The molecule has 0 aliphatic heterocycles. The molecule has 9 heavy (non-hydrogen) atoms. The quantitative estimate of drug-likeness (QED) is 0.508. The van der Waals surface area contributed by atoms with Crippen molar-refractivity contribution in [3.8, 4) is 11.8 Å². The van der Waals surface area contributed by atoms with Gasteiger partial charge in [-0.3, -0.25) is 0 Å². The van der Waals surface area contributed by atoms with Crippen molar-refractivity contribution in [2.24, 2.45) is 0 Å². The first-order valence-corrected chi connectivity index (χ1v) is 3.51. The number of rotatable bonds is 2. The second-order valence-corrected chi connectivity index (χ2v) is 2.22. The fourth-order valence-corrected chi connectivity index (χ4v) is 0.570. The highest BCUT2D eigenvalue weighted by atomic mass is 16.5. The summed E-state index contributed by atoms with van der Waals surface area (Å²) in [5.41, 5.74) is 0. The topological polar surface area (TPSA) is 9.23 Å². The zero-order chi connectivity index (χ0) is 6.53. The Morgan fingerprint density at radius 1 is 1.44 bits per heavy atom. The maximum Gasteiger partial charge on any atom is 0.108 e. The summed E-state index contributed by atoms with van der Waals surface area (Å²) < 4.78 is 5.28. The highest BCUT2D eigenvalue weighted by molar-refractivity contribution is 4.98. The summed E-state index contributed by atoms with van der Waals surface area (Å²) in [5, 5.41) is 0. The molecule has 50 valence electrons. The standard InChI is InChI=1S/C8H12O/c1-2-3-4-7-9-8-5-6-8/h8H,2,5-7H2,1H3. The van der Waals surface area contributed by atoms with Gasteiger partial charge in [0.15, 0.2) is 0 Å². The largest absolute Gasteiger partial charge is 0.366 e. The molecule has 0 N–H and O–H groups in total. The average Bonchev–Trinajstić information content (AvgIpc) is 2.63. The van der Waals surface area contributed by atoms with Gasteiger partial charge in [0.2, 0.25) is 0 Å². The Hall–Kier alpha value is -0.480. The van der Waals surface area contributed by atoms with Crippen LogP contribution in [0.5, 0.6) is 0 Å². The molecule has 1 aliphatic rings. The number of ether oxygens (including phenoxy) is 1. The molecule has 0 aromatic carbocycles. The Balaban J connectivity index is 1.91. The van der Waals surface area contributed by atoms with Gasteiger partial charge in [-0.1, -0.05) is 12.8 Å². The van der Waals surface area contributed by atoms with Crippen LogP contribution in [0, 0.1) is 11.8 Å². The van der Waals surface area contributed by atoms with Gasteiger partial charge in [0.25, 0.3) is 0 Å². The van der Waals surface area contributed by atoms with Gasteiger partial charge in [-0.05, 0) is 12.8 Å². The molecule has 1 fully saturated rings. The summed E-state index contributed by atoms with van der Waals surface area (Å²) in [7, 11) is 0. The van der Waals surface area contributed by atoms with E-state index < -0.39 is 0 Å². The van der Waals surface area contributed by atoms with Gasteiger partial charge >= 0.3 is 0 Å². The molecule has 1 heteroatoms. The van der Waals surface area contributed by atoms with Crippen molar-refractivity contribution in [1.82, 2.24) is 0 Å². The summed E-state index contributed by atoms with van der Waals surface area (Å²) in [6.07, 6.45) is 3.98. The van der Waals surface area contributed by atoms with E-state index in [0.717, 1.165) is 6.42 Å². The van der Waals surface area contributed by atoms with E-state index in [2.05, 4.69) is 11.8 Å². The predicted octanol–water partition coefficient (Wildman–Crippen LogP) is 1.58. The van der Waals surface area contributed by atoms with Crippen molar-refractivity contribution in [2.75, 3.05) is 6.61 Å². The summed E-state index contributed by atoms with van der Waals surface area (Å²) in [6, 6.07) is 0. The smallest absolute Gasteiger partial charge is 0.108 e. The molecule has 0 unspecified atom stereocenters. The Morgan fingerprint density at radius 3 is 2.78 bits per heavy atom. The minimum absolute atomic E-state index is 0.552. The van der Waals surface area contributed by atoms with E-state index in [4.69, 9.17) is 4.74 Å². The van der Waals surface area contributed by atoms with Gasteiger partial charge in [-0.2, -0.15) is 0 Å². The highest BCUT2D eigenvalue weighted by Gasteiger charge is 2.20. The molecule has 1 rings (SSSR count). The molecule has 0 radical (unpaired) electrons. The molecular formula is C8H12O. The predicted molar refractivity (Wildman–Crippen MR) is 37.0 cm³/mol. The van der Waals surface area contributed by atoms with Crippen LogP contribution in [0.2, 0.25) is 0 Å². The van der Waals surface area contributed by atoms with Crippen LogP contribution in [0.1, 0.15) is 26.2 Å². The van der Waals surface area contributed by atoms with E-state index >= 15 is 0 Å². The molecular weight excluding hydrogens is 112 g/mol. The normalized spacial score (nSPS) is 16.6. The minimum atomic E-state index is 0.552. The zero-order valence-corrected chi connectivity index (χ0v) is 5.81. The van der Waals surface area contributed by atoms with Crippen molar-refractivity contribution in [3.63, 3.8) is 0 Å². The lowest BCUT2D eigenvalue weighted by Gasteiger charge is -1.90. The molecule has 0 saturated heterocycles. The maximum absolute atomic E-state index is 5.28. The van der Waals surface area contributed by atoms with E-state index in [1.807, 2.05) is 6.92 Å². The van der Waals surface area contributed by atoms with Crippen molar-refractivity contribution in [3.05, 3.63) is 0 Å². The van der Waals surface area contributed by atoms with E-state index in [0.29, 0.717) is 12.7 Å². The van der Waals surface area contributed by atoms with Crippen LogP contribution in [0.25, 0.3) is 0 Å². The van der Waals surface area contributed by atoms with Crippen LogP contribution >= 0.6 is 0 Å². The lowest BCUT2D eigenvalue weighted by molar-refractivity contribution is 0.152.